The number of ether oxygens (including phenoxy) is 1. The Kier molecular flexibility index (Phi) is 8.33. The Morgan fingerprint density at radius 2 is 2.00 bits per heavy atom. The molecular weight excluding hydrogens is 506 g/mol. The van der Waals surface area contributed by atoms with Crippen molar-refractivity contribution in [3.8, 4) is 5.75 Å². The van der Waals surface area contributed by atoms with E-state index in [1.54, 1.807) is 23.2 Å². The van der Waals surface area contributed by atoms with E-state index in [4.69, 9.17) is 27.9 Å². The first-order valence-electron chi connectivity index (χ1n) is 10.0. The number of aromatic nitrogens is 1. The molecule has 2 heterocycles. The molecule has 0 saturated carbocycles. The Balaban J connectivity index is 1.48. The molecule has 1 aromatic heterocycles. The maximum Gasteiger partial charge on any atom is 0.432 e. The molecule has 1 aliphatic heterocycles. The highest BCUT2D eigenvalue weighted by Crippen LogP contribution is 2.32. The van der Waals surface area contributed by atoms with Crippen LogP contribution in [-0.2, 0) is 6.18 Å². The third kappa shape index (κ3) is 6.86. The van der Waals surface area contributed by atoms with Gasteiger partial charge in [-0.2, -0.15) is 13.2 Å². The van der Waals surface area contributed by atoms with Crippen molar-refractivity contribution < 1.29 is 27.8 Å². The second-order valence-corrected chi connectivity index (χ2v) is 9.55. The highest BCUT2D eigenvalue weighted by Gasteiger charge is 2.39. The Bertz CT molecular complexity index is 1040. The lowest BCUT2D eigenvalue weighted by atomic mass is 10.1. The van der Waals surface area contributed by atoms with Gasteiger partial charge < -0.3 is 24.6 Å². The number of alkyl halides is 3. The number of aromatic amines is 1. The molecule has 2 aromatic rings. The van der Waals surface area contributed by atoms with Crippen LogP contribution in [0.1, 0.15) is 28.2 Å². The number of β-amino-alcohol motifs (C(OH)–C–C–N with tert-alkyl or cyclic N) is 1. The summed E-state index contributed by atoms with van der Waals surface area (Å²) < 4.78 is 45.1. The molecule has 0 bridgehead atoms. The van der Waals surface area contributed by atoms with Crippen molar-refractivity contribution in [3.05, 3.63) is 48.5 Å². The molecule has 7 nitrogen and oxygen atoms in total. The number of amides is 1. The predicted octanol–water partition coefficient (Wildman–Crippen LogP) is 3.74. The van der Waals surface area contributed by atoms with Gasteiger partial charge in [0.05, 0.1) is 16.1 Å². The average molecular weight is 528 g/mol. The zero-order chi connectivity index (χ0) is 24.3. The molecule has 2 N–H and O–H groups in total. The maximum atomic E-state index is 13.1. The first-order chi connectivity index (χ1) is 15.4. The van der Waals surface area contributed by atoms with E-state index in [-0.39, 0.29) is 30.5 Å². The van der Waals surface area contributed by atoms with Crippen molar-refractivity contribution in [2.24, 2.45) is 0 Å². The van der Waals surface area contributed by atoms with Crippen LogP contribution in [0.25, 0.3) is 0 Å². The van der Waals surface area contributed by atoms with Crippen molar-refractivity contribution in [2.75, 3.05) is 33.2 Å². The maximum absolute atomic E-state index is 13.1. The quantitative estimate of drug-likeness (QED) is 0.572. The number of halogens is 5. The molecule has 33 heavy (non-hydrogen) atoms. The molecule has 1 aromatic carbocycles. The van der Waals surface area contributed by atoms with Gasteiger partial charge in [-0.1, -0.05) is 34.5 Å². The molecule has 0 aliphatic carbocycles. The topological polar surface area (TPSA) is 85.9 Å². The summed E-state index contributed by atoms with van der Waals surface area (Å²) in [4.78, 5) is 26.7. The summed E-state index contributed by atoms with van der Waals surface area (Å²) in [6, 6.07) is 5.05. The van der Waals surface area contributed by atoms with E-state index in [1.807, 2.05) is 4.90 Å². The van der Waals surface area contributed by atoms with Gasteiger partial charge in [0.2, 0.25) is 0 Å². The fourth-order valence-corrected chi connectivity index (χ4v) is 4.70. The summed E-state index contributed by atoms with van der Waals surface area (Å²) >= 11 is 12.1. The van der Waals surface area contributed by atoms with Crippen LogP contribution in [-0.4, -0.2) is 71.2 Å². The van der Waals surface area contributed by atoms with Crippen molar-refractivity contribution in [1.82, 2.24) is 14.8 Å². The number of hydrogen-bond donors (Lipinski definition) is 2. The van der Waals surface area contributed by atoms with E-state index in [0.717, 1.165) is 4.90 Å². The lowest BCUT2D eigenvalue weighted by molar-refractivity contribution is -0.141. The molecule has 1 saturated heterocycles. The average Bonchev–Trinajstić information content (AvgIpc) is 3.14. The number of likely N-dealkylation sites (N-methyl/N-ethyl adjacent to an activating group) is 1. The number of rotatable bonds is 7. The second-order valence-electron chi connectivity index (χ2n) is 7.75. The number of thiazole rings is 1. The third-order valence-electron chi connectivity index (χ3n) is 5.16. The summed E-state index contributed by atoms with van der Waals surface area (Å²) in [5, 5.41) is 11.2. The lowest BCUT2D eigenvalue weighted by Gasteiger charge is -2.34. The van der Waals surface area contributed by atoms with E-state index >= 15 is 0 Å². The van der Waals surface area contributed by atoms with E-state index in [0.29, 0.717) is 41.7 Å². The molecule has 3 rings (SSSR count). The molecule has 13 heteroatoms. The number of carbonyl (C=O) groups excluding carboxylic acids is 1. The second kappa shape index (κ2) is 10.6. The van der Waals surface area contributed by atoms with Crippen LogP contribution in [0.5, 0.6) is 5.75 Å². The van der Waals surface area contributed by atoms with Crippen LogP contribution in [0, 0.1) is 0 Å². The van der Waals surface area contributed by atoms with Crippen LogP contribution in [0.3, 0.4) is 0 Å². The third-order valence-corrected chi connectivity index (χ3v) is 6.76. The minimum Gasteiger partial charge on any atom is -0.490 e. The molecule has 0 unspecified atom stereocenters. The monoisotopic (exact) mass is 527 g/mol. The lowest BCUT2D eigenvalue weighted by Crippen LogP contribution is -2.45. The predicted molar refractivity (Wildman–Crippen MR) is 119 cm³/mol. The van der Waals surface area contributed by atoms with E-state index in [9.17, 15) is 27.9 Å². The number of likely N-dealkylation sites (tertiary alicyclic amines) is 1. The Hall–Kier alpha value is -1.79. The van der Waals surface area contributed by atoms with Gasteiger partial charge in [0, 0.05) is 39.3 Å². The van der Waals surface area contributed by atoms with Crippen LogP contribution in [0.15, 0.2) is 23.0 Å². The summed E-state index contributed by atoms with van der Waals surface area (Å²) in [7, 11) is 1.28. The summed E-state index contributed by atoms with van der Waals surface area (Å²) in [5.41, 5.74) is -1.37. The standard InChI is InChI=1S/C20H22Cl2F3N3O4S/c1-27(18(30)16-17(20(23,24)25)26-19(31)33-16)9-11(29)10-28-6-4-12(5-7-28)32-13-2-3-14(21)15(22)8-13/h2-3,8,11-12,29H,4-7,9-10H2,1H3,(H,26,31)/t11-/m1/s1. The van der Waals surface area contributed by atoms with Gasteiger partial charge in [0.25, 0.3) is 5.91 Å². The number of nitrogens with zero attached hydrogens (tertiary/aromatic N) is 2. The Labute approximate surface area is 201 Å². The number of hydrogen-bond acceptors (Lipinski definition) is 6. The van der Waals surface area contributed by atoms with Gasteiger partial charge >= 0.3 is 11.0 Å². The molecule has 182 valence electrons. The zero-order valence-corrected chi connectivity index (χ0v) is 19.8. The highest BCUT2D eigenvalue weighted by molar-refractivity contribution is 7.11. The van der Waals surface area contributed by atoms with Gasteiger partial charge in [-0.15, -0.1) is 0 Å². The van der Waals surface area contributed by atoms with Gasteiger partial charge in [-0.25, -0.2) is 0 Å². The van der Waals surface area contributed by atoms with Crippen LogP contribution in [0.4, 0.5) is 13.2 Å². The minimum absolute atomic E-state index is 0.0305. The smallest absolute Gasteiger partial charge is 0.432 e. The Morgan fingerprint density at radius 3 is 2.61 bits per heavy atom. The minimum atomic E-state index is -4.85. The normalized spacial score (nSPS) is 16.6. The number of nitrogens with one attached hydrogen (secondary N) is 1. The van der Waals surface area contributed by atoms with Crippen molar-refractivity contribution in [1.29, 1.82) is 0 Å². The summed E-state index contributed by atoms with van der Waals surface area (Å²) in [6.45, 7) is 1.34. The SMILES string of the molecule is CN(C[C@@H](O)CN1CCC(Oc2ccc(Cl)c(Cl)c2)CC1)C(=O)c1sc(=O)[nH]c1C(F)(F)F. The largest absolute Gasteiger partial charge is 0.490 e. The van der Waals surface area contributed by atoms with E-state index in [2.05, 4.69) is 0 Å². The van der Waals surface area contributed by atoms with Crippen LogP contribution in [0.2, 0.25) is 10.0 Å². The number of carbonyl (C=O) groups is 1. The van der Waals surface area contributed by atoms with E-state index in [1.165, 1.54) is 7.05 Å². The van der Waals surface area contributed by atoms with Gasteiger partial charge in [0.15, 0.2) is 0 Å². The van der Waals surface area contributed by atoms with Crippen LogP contribution < -0.4 is 9.61 Å². The Morgan fingerprint density at radius 1 is 1.33 bits per heavy atom. The fourth-order valence-electron chi connectivity index (χ4n) is 3.56. The fraction of sp³-hybridized carbons (Fsp3) is 0.500. The van der Waals surface area contributed by atoms with Crippen LogP contribution >= 0.6 is 34.5 Å². The number of piperidine rings is 1. The molecule has 1 amide bonds. The first-order valence-corrected chi connectivity index (χ1v) is 11.6. The number of H-pyrrole nitrogens is 1. The number of aliphatic hydroxyl groups is 1. The highest BCUT2D eigenvalue weighted by atomic mass is 35.5. The van der Waals surface area contributed by atoms with Crippen molar-refractivity contribution >= 4 is 40.4 Å². The summed E-state index contributed by atoms with van der Waals surface area (Å²) in [5.74, 6) is -0.355. The molecule has 1 aliphatic rings. The zero-order valence-electron chi connectivity index (χ0n) is 17.5. The molecule has 0 spiro atoms. The van der Waals surface area contributed by atoms with Gasteiger partial charge in [-0.05, 0) is 25.0 Å². The first kappa shape index (κ1) is 25.8. The number of aliphatic hydroxyl groups excluding tert-OH is 1. The van der Waals surface area contributed by atoms with Gasteiger partial charge in [0.1, 0.15) is 22.4 Å². The van der Waals surface area contributed by atoms with Crippen molar-refractivity contribution in [3.63, 3.8) is 0 Å². The molecule has 1 fully saturated rings. The number of benzene rings is 1. The molecule has 1 atom stereocenters. The van der Waals surface area contributed by atoms with Crippen molar-refractivity contribution in [2.45, 2.75) is 31.2 Å². The molecular formula is C20H22Cl2F3N3O4S. The van der Waals surface area contributed by atoms with E-state index < -0.39 is 33.6 Å². The molecule has 0 radical (unpaired) electrons. The van der Waals surface area contributed by atoms with Gasteiger partial charge in [-0.3, -0.25) is 9.59 Å². The summed E-state index contributed by atoms with van der Waals surface area (Å²) in [6.07, 6.45) is -4.46.